The molecule has 1 aliphatic rings. The van der Waals surface area contributed by atoms with E-state index in [4.69, 9.17) is 14.2 Å². The third-order valence-corrected chi connectivity index (χ3v) is 6.05. The Kier molecular flexibility index (Phi) is 6.47. The molecule has 8 nitrogen and oxygen atoms in total. The Hall–Kier alpha value is -2.29. The van der Waals surface area contributed by atoms with E-state index in [0.717, 1.165) is 0 Å². The average Bonchev–Trinajstić information content (AvgIpc) is 2.98. The van der Waals surface area contributed by atoms with Gasteiger partial charge >= 0.3 is 5.97 Å². The van der Waals surface area contributed by atoms with Crippen LogP contribution in [0, 0.1) is 0 Å². The normalized spacial score (nSPS) is 18.2. The molecule has 0 spiro atoms. The van der Waals surface area contributed by atoms with Crippen molar-refractivity contribution >= 4 is 21.7 Å². The van der Waals surface area contributed by atoms with Crippen LogP contribution < -0.4 is 9.47 Å². The molecule has 1 saturated heterocycles. The van der Waals surface area contributed by atoms with E-state index >= 15 is 0 Å². The third kappa shape index (κ3) is 5.10. The Morgan fingerprint density at radius 3 is 2.46 bits per heavy atom. The number of benzene rings is 1. The van der Waals surface area contributed by atoms with Crippen LogP contribution >= 0.6 is 0 Å². The number of sulfone groups is 1. The number of esters is 1. The standard InChI is InChI=1S/C17H23NO7S/c1-18(13-6-7-26(21,22)11-13)16(19)10-25-17(20)9-12-4-5-14(23-2)15(8-12)24-3/h4-5,8,13H,6-7,9-11H2,1-3H3/t13-/m0/s1. The molecule has 9 heteroatoms. The highest BCUT2D eigenvalue weighted by Gasteiger charge is 2.32. The Labute approximate surface area is 152 Å². The molecule has 26 heavy (non-hydrogen) atoms. The smallest absolute Gasteiger partial charge is 0.310 e. The van der Waals surface area contributed by atoms with Gasteiger partial charge in [-0.05, 0) is 24.1 Å². The zero-order valence-electron chi connectivity index (χ0n) is 15.1. The van der Waals surface area contributed by atoms with Gasteiger partial charge in [0.05, 0.1) is 32.1 Å². The van der Waals surface area contributed by atoms with Gasteiger partial charge in [-0.2, -0.15) is 0 Å². The number of hydrogen-bond donors (Lipinski definition) is 0. The van der Waals surface area contributed by atoms with Gasteiger partial charge in [0.15, 0.2) is 27.9 Å². The molecule has 2 rings (SSSR count). The summed E-state index contributed by atoms with van der Waals surface area (Å²) in [6, 6.07) is 4.69. The molecule has 0 bridgehead atoms. The van der Waals surface area contributed by atoms with Crippen LogP contribution in [0.2, 0.25) is 0 Å². The van der Waals surface area contributed by atoms with E-state index in [1.54, 1.807) is 18.2 Å². The molecule has 1 aromatic carbocycles. The summed E-state index contributed by atoms with van der Waals surface area (Å²) in [6.07, 6.45) is 0.388. The lowest BCUT2D eigenvalue weighted by atomic mass is 10.1. The van der Waals surface area contributed by atoms with Gasteiger partial charge in [0.1, 0.15) is 0 Å². The first-order valence-corrected chi connectivity index (χ1v) is 9.90. The van der Waals surface area contributed by atoms with Gasteiger partial charge in [0.25, 0.3) is 5.91 Å². The molecule has 0 unspecified atom stereocenters. The summed E-state index contributed by atoms with van der Waals surface area (Å²) in [4.78, 5) is 25.4. The van der Waals surface area contributed by atoms with E-state index in [-0.39, 0.29) is 24.0 Å². The largest absolute Gasteiger partial charge is 0.493 e. The summed E-state index contributed by atoms with van der Waals surface area (Å²) in [6.45, 7) is -0.417. The van der Waals surface area contributed by atoms with Crippen LogP contribution in [0.15, 0.2) is 18.2 Å². The Morgan fingerprint density at radius 2 is 1.88 bits per heavy atom. The highest BCUT2D eigenvalue weighted by Crippen LogP contribution is 2.27. The Morgan fingerprint density at radius 1 is 1.19 bits per heavy atom. The van der Waals surface area contributed by atoms with Crippen molar-refractivity contribution in [3.63, 3.8) is 0 Å². The van der Waals surface area contributed by atoms with Crippen LogP contribution in [0.1, 0.15) is 12.0 Å². The second kappa shape index (κ2) is 8.39. The van der Waals surface area contributed by atoms with Crippen LogP contribution in [0.25, 0.3) is 0 Å². The van der Waals surface area contributed by atoms with Crippen LogP contribution in [0.5, 0.6) is 11.5 Å². The monoisotopic (exact) mass is 385 g/mol. The van der Waals surface area contributed by atoms with Crippen molar-refractivity contribution in [1.82, 2.24) is 4.90 Å². The predicted octanol–water partition coefficient (Wildman–Crippen LogP) is 0.435. The van der Waals surface area contributed by atoms with Crippen LogP contribution in [-0.2, 0) is 30.6 Å². The van der Waals surface area contributed by atoms with Gasteiger partial charge in [-0.1, -0.05) is 6.07 Å². The van der Waals surface area contributed by atoms with E-state index in [2.05, 4.69) is 0 Å². The van der Waals surface area contributed by atoms with E-state index in [9.17, 15) is 18.0 Å². The number of nitrogens with zero attached hydrogens (tertiary/aromatic N) is 1. The molecule has 1 fully saturated rings. The van der Waals surface area contributed by atoms with E-state index in [0.29, 0.717) is 23.5 Å². The van der Waals surface area contributed by atoms with Crippen molar-refractivity contribution < 1.29 is 32.2 Å². The minimum Gasteiger partial charge on any atom is -0.493 e. The number of hydrogen-bond acceptors (Lipinski definition) is 7. The number of rotatable bonds is 7. The van der Waals surface area contributed by atoms with Crippen LogP contribution in [0.3, 0.4) is 0 Å². The van der Waals surface area contributed by atoms with E-state index in [1.165, 1.54) is 26.2 Å². The third-order valence-electron chi connectivity index (χ3n) is 4.30. The maximum Gasteiger partial charge on any atom is 0.310 e. The maximum atomic E-state index is 12.1. The molecule has 1 atom stereocenters. The van der Waals surface area contributed by atoms with Gasteiger partial charge in [-0.15, -0.1) is 0 Å². The second-order valence-electron chi connectivity index (χ2n) is 6.09. The van der Waals surface area contributed by atoms with Crippen LogP contribution in [0.4, 0.5) is 0 Å². The predicted molar refractivity (Wildman–Crippen MR) is 94.0 cm³/mol. The summed E-state index contributed by atoms with van der Waals surface area (Å²) in [5.41, 5.74) is 0.662. The minimum absolute atomic E-state index is 0.0187. The molecule has 1 amide bonds. The summed E-state index contributed by atoms with van der Waals surface area (Å²) in [7, 11) is 1.46. The number of methoxy groups -OCH3 is 2. The lowest BCUT2D eigenvalue weighted by molar-refractivity contribution is -0.151. The fraction of sp³-hybridized carbons (Fsp3) is 0.529. The van der Waals surface area contributed by atoms with Crippen LogP contribution in [-0.4, -0.2) is 70.6 Å². The number of likely N-dealkylation sites (N-methyl/N-ethyl adjacent to an activating group) is 1. The zero-order valence-corrected chi connectivity index (χ0v) is 15.9. The number of carbonyl (C=O) groups excluding carboxylic acids is 2. The summed E-state index contributed by atoms with van der Waals surface area (Å²) >= 11 is 0. The first-order valence-electron chi connectivity index (χ1n) is 8.08. The van der Waals surface area contributed by atoms with E-state index < -0.39 is 28.3 Å². The fourth-order valence-corrected chi connectivity index (χ4v) is 4.51. The van der Waals surface area contributed by atoms with Gasteiger partial charge in [0, 0.05) is 13.1 Å². The van der Waals surface area contributed by atoms with Crippen molar-refractivity contribution in [2.45, 2.75) is 18.9 Å². The molecule has 0 saturated carbocycles. The second-order valence-corrected chi connectivity index (χ2v) is 8.32. The molecule has 0 aromatic heterocycles. The molecule has 1 aliphatic heterocycles. The lowest BCUT2D eigenvalue weighted by Crippen LogP contribution is -2.40. The average molecular weight is 385 g/mol. The lowest BCUT2D eigenvalue weighted by Gasteiger charge is -2.23. The molecule has 0 aliphatic carbocycles. The fourth-order valence-electron chi connectivity index (χ4n) is 2.74. The molecule has 1 aromatic rings. The maximum absolute atomic E-state index is 12.1. The van der Waals surface area contributed by atoms with Gasteiger partial charge in [0.2, 0.25) is 0 Å². The van der Waals surface area contributed by atoms with Gasteiger partial charge < -0.3 is 19.1 Å². The quantitative estimate of drug-likeness (QED) is 0.628. The molecule has 0 N–H and O–H groups in total. The number of amides is 1. The Balaban J connectivity index is 1.85. The minimum atomic E-state index is -3.08. The first-order chi connectivity index (χ1) is 12.3. The number of ether oxygens (including phenoxy) is 3. The Bertz CT molecular complexity index is 775. The highest BCUT2D eigenvalue weighted by atomic mass is 32.2. The SMILES string of the molecule is COc1ccc(CC(=O)OCC(=O)N(C)[C@H]2CCS(=O)(=O)C2)cc1OC. The summed E-state index contributed by atoms with van der Waals surface area (Å²) in [5, 5.41) is 0. The van der Waals surface area contributed by atoms with Crippen molar-refractivity contribution in [1.29, 1.82) is 0 Å². The summed E-state index contributed by atoms with van der Waals surface area (Å²) < 4.78 is 38.3. The van der Waals surface area contributed by atoms with Crippen molar-refractivity contribution in [2.75, 3.05) is 39.4 Å². The first kappa shape index (κ1) is 20.0. The number of carbonyl (C=O) groups is 2. The van der Waals surface area contributed by atoms with Gasteiger partial charge in [-0.25, -0.2) is 8.42 Å². The van der Waals surface area contributed by atoms with Gasteiger partial charge in [-0.3, -0.25) is 9.59 Å². The summed E-state index contributed by atoms with van der Waals surface area (Å²) in [5.74, 6) is 0.0956. The van der Waals surface area contributed by atoms with Crippen molar-refractivity contribution in [2.24, 2.45) is 0 Å². The molecular formula is C17H23NO7S. The van der Waals surface area contributed by atoms with Crippen molar-refractivity contribution in [3.05, 3.63) is 23.8 Å². The zero-order chi connectivity index (χ0) is 19.3. The van der Waals surface area contributed by atoms with E-state index in [1.807, 2.05) is 0 Å². The molecule has 144 valence electrons. The molecular weight excluding hydrogens is 362 g/mol. The molecule has 0 radical (unpaired) electrons. The molecule has 1 heterocycles. The highest BCUT2D eigenvalue weighted by molar-refractivity contribution is 7.91. The van der Waals surface area contributed by atoms with Crippen molar-refractivity contribution in [3.8, 4) is 11.5 Å². The topological polar surface area (TPSA) is 99.2 Å².